The van der Waals surface area contributed by atoms with Crippen molar-refractivity contribution < 1.29 is 27.5 Å². The number of H-pyrrole nitrogens is 1. The zero-order valence-electron chi connectivity index (χ0n) is 18.5. The number of hydrogen-bond donors (Lipinski definition) is 3. The van der Waals surface area contributed by atoms with Crippen molar-refractivity contribution >= 4 is 21.7 Å². The van der Waals surface area contributed by atoms with E-state index in [0.717, 1.165) is 5.56 Å². The van der Waals surface area contributed by atoms with Crippen molar-refractivity contribution in [1.82, 2.24) is 20.4 Å². The van der Waals surface area contributed by atoms with Crippen molar-refractivity contribution in [2.75, 3.05) is 19.7 Å². The minimum atomic E-state index is -3.68. The Morgan fingerprint density at radius 2 is 1.97 bits per heavy atom. The molecule has 0 radical (unpaired) electrons. The third-order valence-electron chi connectivity index (χ3n) is 6.55. The summed E-state index contributed by atoms with van der Waals surface area (Å²) in [5.41, 5.74) is 1.52. The third kappa shape index (κ3) is 4.04. The van der Waals surface area contributed by atoms with Crippen LogP contribution in [0.2, 0.25) is 0 Å². The molecule has 1 fully saturated rings. The molecular formula is C22H27FN4O5S. The minimum Gasteiger partial charge on any atom is -0.395 e. The molecule has 11 heteroatoms. The predicted molar refractivity (Wildman–Crippen MR) is 118 cm³/mol. The largest absolute Gasteiger partial charge is 0.395 e. The summed E-state index contributed by atoms with van der Waals surface area (Å²) in [5, 5.41) is 18.9. The van der Waals surface area contributed by atoms with E-state index in [9.17, 15) is 27.5 Å². The molecule has 1 aromatic heterocycles. The van der Waals surface area contributed by atoms with E-state index in [2.05, 4.69) is 15.5 Å². The van der Waals surface area contributed by atoms with Crippen molar-refractivity contribution in [2.24, 2.45) is 0 Å². The molecule has 0 bridgehead atoms. The van der Waals surface area contributed by atoms with Gasteiger partial charge in [-0.1, -0.05) is 12.1 Å². The lowest BCUT2D eigenvalue weighted by Gasteiger charge is -2.34. The number of fused-ring (bicyclic) bond motifs is 1. The van der Waals surface area contributed by atoms with Crippen LogP contribution in [0.25, 0.3) is 0 Å². The Hall–Kier alpha value is -2.79. The number of hydrogen-bond acceptors (Lipinski definition) is 6. The van der Waals surface area contributed by atoms with Crippen LogP contribution in [0, 0.1) is 5.82 Å². The molecule has 0 atom stereocenters. The molecule has 1 saturated carbocycles. The average molecular weight is 479 g/mol. The first-order chi connectivity index (χ1) is 15.5. The Balaban J connectivity index is 1.46. The SMILES string of the molecule is CC(C)(CO)S(=O)(=O)C1(CN2CCc3c(C(=O)NCc4ccc(F)cc4)n[nH]c3C2=O)CC1. The van der Waals surface area contributed by atoms with Crippen LogP contribution in [0.4, 0.5) is 4.39 Å². The molecule has 0 saturated heterocycles. The molecule has 4 rings (SSSR count). The van der Waals surface area contributed by atoms with E-state index in [-0.39, 0.29) is 36.8 Å². The smallest absolute Gasteiger partial charge is 0.272 e. The molecule has 1 aliphatic heterocycles. The summed E-state index contributed by atoms with van der Waals surface area (Å²) in [7, 11) is -3.68. The molecule has 2 heterocycles. The predicted octanol–water partition coefficient (Wildman–Crippen LogP) is 1.20. The molecule has 1 aliphatic carbocycles. The van der Waals surface area contributed by atoms with Gasteiger partial charge in [0.25, 0.3) is 11.8 Å². The van der Waals surface area contributed by atoms with Gasteiger partial charge in [-0.3, -0.25) is 14.7 Å². The van der Waals surface area contributed by atoms with Crippen LogP contribution in [0.1, 0.15) is 58.8 Å². The van der Waals surface area contributed by atoms with Crippen LogP contribution in [0.15, 0.2) is 24.3 Å². The first-order valence-electron chi connectivity index (χ1n) is 10.8. The zero-order chi connectivity index (χ0) is 24.0. The van der Waals surface area contributed by atoms with E-state index in [4.69, 9.17) is 0 Å². The number of amides is 2. The Morgan fingerprint density at radius 1 is 1.30 bits per heavy atom. The number of carbonyl (C=O) groups is 2. The summed E-state index contributed by atoms with van der Waals surface area (Å²) in [6.07, 6.45) is 1.24. The number of sulfone groups is 1. The van der Waals surface area contributed by atoms with E-state index < -0.39 is 37.8 Å². The molecular weight excluding hydrogens is 451 g/mol. The average Bonchev–Trinajstić information content (AvgIpc) is 3.45. The van der Waals surface area contributed by atoms with Crippen LogP contribution in [-0.2, 0) is 22.8 Å². The van der Waals surface area contributed by atoms with Gasteiger partial charge in [0.1, 0.15) is 11.5 Å². The maximum Gasteiger partial charge on any atom is 0.272 e. The van der Waals surface area contributed by atoms with Gasteiger partial charge < -0.3 is 15.3 Å². The van der Waals surface area contributed by atoms with E-state index in [1.165, 1.54) is 30.9 Å². The van der Waals surface area contributed by atoms with Crippen LogP contribution >= 0.6 is 0 Å². The second-order valence-corrected chi connectivity index (χ2v) is 12.3. The summed E-state index contributed by atoms with van der Waals surface area (Å²) in [4.78, 5) is 27.2. The fourth-order valence-electron chi connectivity index (χ4n) is 4.17. The summed E-state index contributed by atoms with van der Waals surface area (Å²) in [6.45, 7) is 2.98. The topological polar surface area (TPSA) is 132 Å². The first kappa shape index (κ1) is 23.4. The van der Waals surface area contributed by atoms with Gasteiger partial charge in [-0.05, 0) is 50.8 Å². The van der Waals surface area contributed by atoms with Gasteiger partial charge in [-0.25, -0.2) is 12.8 Å². The number of carbonyl (C=O) groups excluding carboxylic acids is 2. The van der Waals surface area contributed by atoms with Crippen molar-refractivity contribution in [3.05, 3.63) is 52.6 Å². The van der Waals surface area contributed by atoms with E-state index in [0.29, 0.717) is 24.8 Å². The number of aliphatic hydroxyl groups excluding tert-OH is 1. The van der Waals surface area contributed by atoms with Crippen LogP contribution in [0.5, 0.6) is 0 Å². The lowest BCUT2D eigenvalue weighted by molar-refractivity contribution is 0.0729. The lowest BCUT2D eigenvalue weighted by atomic mass is 10.0. The molecule has 0 unspecified atom stereocenters. The first-order valence-corrected chi connectivity index (χ1v) is 12.2. The van der Waals surface area contributed by atoms with Gasteiger partial charge in [0.2, 0.25) is 0 Å². The number of benzene rings is 1. The minimum absolute atomic E-state index is 0.0438. The van der Waals surface area contributed by atoms with Crippen molar-refractivity contribution in [3.8, 4) is 0 Å². The monoisotopic (exact) mass is 478 g/mol. The molecule has 2 aromatic rings. The molecule has 2 aliphatic rings. The van der Waals surface area contributed by atoms with Gasteiger partial charge in [0.15, 0.2) is 15.5 Å². The molecule has 33 heavy (non-hydrogen) atoms. The number of aliphatic hydroxyl groups is 1. The highest BCUT2D eigenvalue weighted by Gasteiger charge is 2.60. The number of aromatic amines is 1. The second-order valence-electron chi connectivity index (χ2n) is 9.32. The van der Waals surface area contributed by atoms with Gasteiger partial charge in [-0.15, -0.1) is 0 Å². The molecule has 3 N–H and O–H groups in total. The number of nitrogens with one attached hydrogen (secondary N) is 2. The van der Waals surface area contributed by atoms with Crippen LogP contribution < -0.4 is 5.32 Å². The van der Waals surface area contributed by atoms with Gasteiger partial charge in [0, 0.05) is 25.2 Å². The molecule has 2 amide bonds. The van der Waals surface area contributed by atoms with Gasteiger partial charge >= 0.3 is 0 Å². The third-order valence-corrected chi connectivity index (χ3v) is 9.81. The standard InChI is InChI=1S/C22H27FN4O5S/c1-21(2,13-28)33(31,32)22(8-9-22)12-27-10-7-16-17(25-26-18(16)20(27)30)19(29)24-11-14-3-5-15(23)6-4-14/h3-6,28H,7-13H2,1-2H3,(H,24,29)(H,25,26). The fraction of sp³-hybridized carbons (Fsp3) is 0.500. The quantitative estimate of drug-likeness (QED) is 0.522. The van der Waals surface area contributed by atoms with Crippen LogP contribution in [-0.4, -0.2) is 69.6 Å². The van der Waals surface area contributed by atoms with Crippen molar-refractivity contribution in [2.45, 2.75) is 49.1 Å². The van der Waals surface area contributed by atoms with E-state index in [1.54, 1.807) is 12.1 Å². The summed E-state index contributed by atoms with van der Waals surface area (Å²) in [6, 6.07) is 5.74. The molecule has 1 aromatic carbocycles. The summed E-state index contributed by atoms with van der Waals surface area (Å²) < 4.78 is 36.9. The van der Waals surface area contributed by atoms with E-state index in [1.807, 2.05) is 0 Å². The Labute approximate surface area is 191 Å². The second kappa shape index (κ2) is 8.21. The number of nitrogens with zero attached hydrogens (tertiary/aromatic N) is 2. The highest BCUT2D eigenvalue weighted by Crippen LogP contribution is 2.49. The maximum atomic E-state index is 13.1. The number of rotatable bonds is 8. The number of aromatic nitrogens is 2. The Bertz CT molecular complexity index is 1190. The summed E-state index contributed by atoms with van der Waals surface area (Å²) >= 11 is 0. The van der Waals surface area contributed by atoms with Crippen molar-refractivity contribution in [1.29, 1.82) is 0 Å². The highest BCUT2D eigenvalue weighted by atomic mass is 32.2. The molecule has 178 valence electrons. The zero-order valence-corrected chi connectivity index (χ0v) is 19.3. The van der Waals surface area contributed by atoms with Gasteiger partial charge in [-0.2, -0.15) is 5.10 Å². The normalized spacial score (nSPS) is 17.6. The fourth-order valence-corrected chi connectivity index (χ4v) is 6.48. The molecule has 9 nitrogen and oxygen atoms in total. The number of halogens is 1. The van der Waals surface area contributed by atoms with Crippen molar-refractivity contribution in [3.63, 3.8) is 0 Å². The molecule has 0 spiro atoms. The summed E-state index contributed by atoms with van der Waals surface area (Å²) in [5.74, 6) is -1.22. The maximum absolute atomic E-state index is 13.1. The van der Waals surface area contributed by atoms with E-state index >= 15 is 0 Å². The lowest BCUT2D eigenvalue weighted by Crippen LogP contribution is -2.51. The Morgan fingerprint density at radius 3 is 2.58 bits per heavy atom. The highest BCUT2D eigenvalue weighted by molar-refractivity contribution is 7.94. The Kier molecular flexibility index (Phi) is 5.81. The van der Waals surface area contributed by atoms with Crippen LogP contribution in [0.3, 0.4) is 0 Å². The van der Waals surface area contributed by atoms with Gasteiger partial charge in [0.05, 0.1) is 16.1 Å².